The van der Waals surface area contributed by atoms with Gasteiger partial charge in [0.1, 0.15) is 18.4 Å². The first-order valence-corrected chi connectivity index (χ1v) is 9.32. The normalized spacial score (nSPS) is 13.4. The Kier molecular flexibility index (Phi) is 4.14. The van der Waals surface area contributed by atoms with E-state index in [9.17, 15) is 14.3 Å². The molecule has 4 aromatic rings. The number of carbonyl (C=O) groups excluding carboxylic acids is 1. The highest BCUT2D eigenvalue weighted by atomic mass is 19.1. The highest BCUT2D eigenvalue weighted by Gasteiger charge is 2.28. The van der Waals surface area contributed by atoms with E-state index in [4.69, 9.17) is 4.74 Å². The number of aliphatic hydroxyl groups is 1. The lowest BCUT2D eigenvalue weighted by Gasteiger charge is -2.14. The van der Waals surface area contributed by atoms with Crippen molar-refractivity contribution in [1.29, 1.82) is 0 Å². The van der Waals surface area contributed by atoms with Crippen LogP contribution in [-0.4, -0.2) is 33.4 Å². The second-order valence-electron chi connectivity index (χ2n) is 7.00. The Morgan fingerprint density at radius 3 is 2.52 bits per heavy atom. The third-order valence-electron chi connectivity index (χ3n) is 5.10. The fourth-order valence-corrected chi connectivity index (χ4v) is 3.78. The molecule has 0 radical (unpaired) electrons. The van der Waals surface area contributed by atoms with Crippen molar-refractivity contribution in [2.45, 2.75) is 12.6 Å². The molecule has 1 aromatic heterocycles. The second kappa shape index (κ2) is 6.83. The number of rotatable bonds is 5. The fraction of sp³-hybridized carbons (Fsp3) is 0.130. The van der Waals surface area contributed by atoms with Gasteiger partial charge in [0.15, 0.2) is 17.3 Å². The van der Waals surface area contributed by atoms with E-state index in [0.717, 1.165) is 22.2 Å². The summed E-state index contributed by atoms with van der Waals surface area (Å²) in [6.45, 7) is 0.0809. The Balaban J connectivity index is 1.47. The number of carbonyl (C=O) groups is 1. The molecule has 0 aliphatic heterocycles. The summed E-state index contributed by atoms with van der Waals surface area (Å²) in [5.41, 5.74) is 3.52. The van der Waals surface area contributed by atoms with Crippen LogP contribution in [0.2, 0.25) is 0 Å². The van der Waals surface area contributed by atoms with Crippen molar-refractivity contribution in [2.75, 3.05) is 6.61 Å². The van der Waals surface area contributed by atoms with Crippen molar-refractivity contribution in [3.05, 3.63) is 83.7 Å². The van der Waals surface area contributed by atoms with Crippen molar-refractivity contribution in [2.24, 2.45) is 0 Å². The minimum atomic E-state index is -0.902. The lowest BCUT2D eigenvalue weighted by Crippen LogP contribution is -2.24. The molecule has 5 rings (SSSR count). The zero-order valence-electron chi connectivity index (χ0n) is 15.4. The quantitative estimate of drug-likeness (QED) is 0.497. The first-order valence-electron chi connectivity index (χ1n) is 9.32. The van der Waals surface area contributed by atoms with Gasteiger partial charge in [-0.1, -0.05) is 48.5 Å². The molecule has 0 bridgehead atoms. The van der Waals surface area contributed by atoms with E-state index in [2.05, 4.69) is 5.10 Å². The third kappa shape index (κ3) is 2.89. The number of hydrogen-bond donors (Lipinski definition) is 1. The van der Waals surface area contributed by atoms with E-state index in [1.807, 2.05) is 30.3 Å². The first kappa shape index (κ1) is 17.6. The molecule has 1 aliphatic rings. The number of aliphatic hydroxyl groups excluding tert-OH is 1. The maximum atomic E-state index is 13.7. The molecule has 0 saturated heterocycles. The van der Waals surface area contributed by atoms with Crippen LogP contribution >= 0.6 is 0 Å². The number of halogens is 1. The second-order valence-corrected chi connectivity index (χ2v) is 7.00. The Morgan fingerprint density at radius 1 is 0.966 bits per heavy atom. The van der Waals surface area contributed by atoms with Crippen LogP contribution in [0.5, 0.6) is 5.75 Å². The summed E-state index contributed by atoms with van der Waals surface area (Å²) in [7, 11) is 0. The van der Waals surface area contributed by atoms with E-state index in [-0.39, 0.29) is 24.7 Å². The number of fused-ring (bicyclic) bond motifs is 2. The summed E-state index contributed by atoms with van der Waals surface area (Å²) in [6, 6.07) is 19.0. The summed E-state index contributed by atoms with van der Waals surface area (Å²) in [5, 5.41) is 15.9. The van der Waals surface area contributed by atoms with Gasteiger partial charge < -0.3 is 9.84 Å². The molecule has 6 heteroatoms. The summed E-state index contributed by atoms with van der Waals surface area (Å²) in [6.07, 6.45) is -0.902. The van der Waals surface area contributed by atoms with Gasteiger partial charge in [-0.15, -0.1) is 0 Å². The predicted molar refractivity (Wildman–Crippen MR) is 107 cm³/mol. The lowest BCUT2D eigenvalue weighted by atomic mass is 9.87. The molecule has 0 fully saturated rings. The fourth-order valence-electron chi connectivity index (χ4n) is 3.78. The van der Waals surface area contributed by atoms with Crippen LogP contribution < -0.4 is 4.74 Å². The maximum Gasteiger partial charge on any atom is 0.194 e. The van der Waals surface area contributed by atoms with Crippen molar-refractivity contribution < 1.29 is 19.0 Å². The smallest absolute Gasteiger partial charge is 0.194 e. The number of hydrogen-bond acceptors (Lipinski definition) is 4. The van der Waals surface area contributed by atoms with E-state index in [1.54, 1.807) is 28.9 Å². The summed E-state index contributed by atoms with van der Waals surface area (Å²) < 4.78 is 20.8. The van der Waals surface area contributed by atoms with Crippen LogP contribution in [0, 0.1) is 5.82 Å². The van der Waals surface area contributed by atoms with Gasteiger partial charge in [-0.2, -0.15) is 5.10 Å². The Hall–Kier alpha value is -3.51. The van der Waals surface area contributed by atoms with Gasteiger partial charge in [0.25, 0.3) is 0 Å². The molecular formula is C23H17FN2O3. The van der Waals surface area contributed by atoms with Gasteiger partial charge >= 0.3 is 0 Å². The molecule has 0 amide bonds. The van der Waals surface area contributed by atoms with Crippen LogP contribution in [0.25, 0.3) is 22.2 Å². The molecule has 29 heavy (non-hydrogen) atoms. The van der Waals surface area contributed by atoms with Gasteiger partial charge in [0, 0.05) is 22.1 Å². The molecule has 1 atom stereocenters. The zero-order valence-corrected chi connectivity index (χ0v) is 15.4. The van der Waals surface area contributed by atoms with Crippen molar-refractivity contribution in [3.8, 4) is 17.0 Å². The molecule has 3 aromatic carbocycles. The Bertz CT molecular complexity index is 1250. The SMILES string of the molecule is O=C1c2ccccc2-c2nn(CC(O)COc3ccccc3F)c3cccc1c23. The molecular weight excluding hydrogens is 371 g/mol. The van der Waals surface area contributed by atoms with E-state index in [1.165, 1.54) is 12.1 Å². The van der Waals surface area contributed by atoms with Gasteiger partial charge in [-0.05, 0) is 18.2 Å². The highest BCUT2D eigenvalue weighted by Crippen LogP contribution is 2.38. The Morgan fingerprint density at radius 2 is 1.69 bits per heavy atom. The molecule has 0 spiro atoms. The van der Waals surface area contributed by atoms with Crippen LogP contribution in [0.4, 0.5) is 4.39 Å². The number of ketones is 1. The zero-order chi connectivity index (χ0) is 20.0. The summed E-state index contributed by atoms with van der Waals surface area (Å²) >= 11 is 0. The molecule has 1 N–H and O–H groups in total. The number of ether oxygens (including phenoxy) is 1. The lowest BCUT2D eigenvalue weighted by molar-refractivity contribution is 0.0886. The van der Waals surface area contributed by atoms with Gasteiger partial charge in [0.05, 0.1) is 12.1 Å². The number of benzene rings is 3. The maximum absolute atomic E-state index is 13.7. The average molecular weight is 388 g/mol. The van der Waals surface area contributed by atoms with Crippen LogP contribution in [0.15, 0.2) is 66.7 Å². The number of nitrogens with zero attached hydrogens (tertiary/aromatic N) is 2. The monoisotopic (exact) mass is 388 g/mol. The van der Waals surface area contributed by atoms with Crippen LogP contribution in [0.3, 0.4) is 0 Å². The topological polar surface area (TPSA) is 64.4 Å². The molecule has 5 nitrogen and oxygen atoms in total. The first-order chi connectivity index (χ1) is 14.1. The van der Waals surface area contributed by atoms with Gasteiger partial charge in [-0.3, -0.25) is 9.48 Å². The standard InChI is InChI=1S/C23H17FN2O3/c24-18-9-3-4-11-20(18)29-13-14(27)12-26-19-10-5-8-17-21(19)22(25-26)15-6-1-2-7-16(15)23(17)28/h1-11,14,27H,12-13H2. The molecule has 1 aliphatic carbocycles. The van der Waals surface area contributed by atoms with E-state index >= 15 is 0 Å². The Labute approximate surface area is 166 Å². The average Bonchev–Trinajstić information content (AvgIpc) is 3.11. The van der Waals surface area contributed by atoms with Gasteiger partial charge in [-0.25, -0.2) is 4.39 Å². The van der Waals surface area contributed by atoms with Crippen molar-refractivity contribution in [3.63, 3.8) is 0 Å². The van der Waals surface area contributed by atoms with E-state index < -0.39 is 11.9 Å². The molecule has 0 saturated carbocycles. The third-order valence-corrected chi connectivity index (χ3v) is 5.10. The van der Waals surface area contributed by atoms with Crippen molar-refractivity contribution >= 4 is 16.7 Å². The minimum absolute atomic E-state index is 0.0262. The largest absolute Gasteiger partial charge is 0.488 e. The molecule has 1 unspecified atom stereocenters. The number of aromatic nitrogens is 2. The number of para-hydroxylation sites is 1. The minimum Gasteiger partial charge on any atom is -0.488 e. The molecule has 144 valence electrons. The van der Waals surface area contributed by atoms with Gasteiger partial charge in [0.2, 0.25) is 0 Å². The van der Waals surface area contributed by atoms with Crippen molar-refractivity contribution in [1.82, 2.24) is 9.78 Å². The highest BCUT2D eigenvalue weighted by molar-refractivity contribution is 6.25. The summed E-state index contributed by atoms with van der Waals surface area (Å²) in [5.74, 6) is -0.406. The van der Waals surface area contributed by atoms with Crippen LogP contribution in [-0.2, 0) is 6.54 Å². The van der Waals surface area contributed by atoms with E-state index in [0.29, 0.717) is 11.1 Å². The summed E-state index contributed by atoms with van der Waals surface area (Å²) in [4.78, 5) is 12.9. The predicted octanol–water partition coefficient (Wildman–Crippen LogP) is 3.83. The van der Waals surface area contributed by atoms with Crippen LogP contribution in [0.1, 0.15) is 15.9 Å². The molecule has 1 heterocycles.